The molecule has 3 aliphatic rings. The van der Waals surface area contributed by atoms with Crippen molar-refractivity contribution in [2.24, 2.45) is 0 Å². The molecule has 40 heavy (non-hydrogen) atoms. The van der Waals surface area contributed by atoms with E-state index < -0.39 is 74.6 Å². The molecule has 0 radical (unpaired) electrons. The number of aliphatic hydroxyl groups is 7. The van der Waals surface area contributed by atoms with Gasteiger partial charge in [0, 0.05) is 12.1 Å². The van der Waals surface area contributed by atoms with Crippen LogP contribution in [0.1, 0.15) is 17.2 Å². The molecule has 0 bridgehead atoms. The van der Waals surface area contributed by atoms with E-state index in [2.05, 4.69) is 4.74 Å². The molecule has 0 spiro atoms. The van der Waals surface area contributed by atoms with E-state index in [0.717, 1.165) is 6.07 Å². The summed E-state index contributed by atoms with van der Waals surface area (Å²) in [5.41, 5.74) is 0.715. The van der Waals surface area contributed by atoms with Crippen molar-refractivity contribution >= 4 is 6.08 Å². The van der Waals surface area contributed by atoms with Gasteiger partial charge in [0.15, 0.2) is 18.2 Å². The number of fused-ring (bicyclic) bond motifs is 1. The lowest BCUT2D eigenvalue weighted by Crippen LogP contribution is -2.63. The molecule has 218 valence electrons. The molecule has 14 heteroatoms. The number of aliphatic hydroxyl groups excluding tert-OH is 6. The lowest BCUT2D eigenvalue weighted by atomic mass is 9.98. The third-order valence-corrected chi connectivity index (χ3v) is 6.98. The van der Waals surface area contributed by atoms with Gasteiger partial charge < -0.3 is 69.6 Å². The van der Waals surface area contributed by atoms with Gasteiger partial charge in [-0.15, -0.1) is 0 Å². The van der Waals surface area contributed by atoms with Gasteiger partial charge in [-0.2, -0.15) is 0 Å². The standard InChI is InChI=1S/C26H30O14/c27-8-18-20(33)21(34)24(40-25-22(35)19(32)15(31)9-36-25)26(39-18)38-17-7-13-14(30)5-12(29)6-16(13)37-23(17)10-1-3-11(28)4-2-10/h1-7,15,18-35H,8-9H2/p+1. The fourth-order valence-electron chi connectivity index (χ4n) is 4.76. The van der Waals surface area contributed by atoms with E-state index in [1.54, 1.807) is 12.1 Å². The zero-order chi connectivity index (χ0) is 28.7. The topological polar surface area (TPSA) is 232 Å². The van der Waals surface area contributed by atoms with Crippen molar-refractivity contribution in [3.63, 3.8) is 0 Å². The molecule has 0 amide bonds. The normalized spacial score (nSPS) is 35.8. The number of rotatable bonds is 6. The second kappa shape index (κ2) is 11.4. The number of hydrogen-bond donors (Lipinski definition) is 9. The van der Waals surface area contributed by atoms with Crippen LogP contribution in [0.2, 0.25) is 0 Å². The molecular formula is C26H31O14+. The van der Waals surface area contributed by atoms with Crippen LogP contribution in [-0.2, 0) is 18.9 Å². The Bertz CT molecular complexity index is 1220. The Hall–Kier alpha value is -3.18. The monoisotopic (exact) mass is 567 g/mol. The van der Waals surface area contributed by atoms with Gasteiger partial charge in [-0.3, -0.25) is 0 Å². The first-order valence-electron chi connectivity index (χ1n) is 12.4. The van der Waals surface area contributed by atoms with E-state index in [9.17, 15) is 46.0 Å². The molecule has 3 heterocycles. The highest BCUT2D eigenvalue weighted by Crippen LogP contribution is 2.45. The smallest absolute Gasteiger partial charge is 0.270 e. The first-order valence-corrected chi connectivity index (χ1v) is 12.4. The first kappa shape index (κ1) is 28.4. The van der Waals surface area contributed by atoms with Crippen molar-refractivity contribution in [1.29, 1.82) is 0 Å². The number of aromatic hydroxyl groups is 4. The Morgan fingerprint density at radius 2 is 1.57 bits per heavy atom. The number of ether oxygens (including phenoxy) is 5. The maximum atomic E-state index is 10.9. The lowest BCUT2D eigenvalue weighted by Gasteiger charge is -2.45. The third kappa shape index (κ3) is 5.41. The molecule has 2 saturated heterocycles. The minimum Gasteiger partial charge on any atom is -0.571 e. The van der Waals surface area contributed by atoms with Crippen LogP contribution in [-0.4, -0.2) is 119 Å². The van der Waals surface area contributed by atoms with Crippen LogP contribution in [0.4, 0.5) is 0 Å². The second-order valence-electron chi connectivity index (χ2n) is 9.74. The largest absolute Gasteiger partial charge is 0.571 e. The van der Waals surface area contributed by atoms with Crippen LogP contribution in [0.3, 0.4) is 0 Å². The summed E-state index contributed by atoms with van der Waals surface area (Å²) >= 11 is 0. The summed E-state index contributed by atoms with van der Waals surface area (Å²) in [6.45, 7) is -1.10. The van der Waals surface area contributed by atoms with E-state index >= 15 is 0 Å². The summed E-state index contributed by atoms with van der Waals surface area (Å²) in [6, 6.07) is 8.42. The summed E-state index contributed by atoms with van der Waals surface area (Å²) in [5.74, 6) is -0.259. The van der Waals surface area contributed by atoms with Crippen molar-refractivity contribution in [2.75, 3.05) is 13.2 Å². The maximum absolute atomic E-state index is 10.9. The summed E-state index contributed by atoms with van der Waals surface area (Å²) in [6.07, 6.45) is -13.6. The number of phenols is 3. The Morgan fingerprint density at radius 3 is 2.27 bits per heavy atom. The predicted molar refractivity (Wildman–Crippen MR) is 132 cm³/mol. The minimum atomic E-state index is -1.73. The predicted octanol–water partition coefficient (Wildman–Crippen LogP) is -1.58. The minimum absolute atomic E-state index is 0.00739. The van der Waals surface area contributed by atoms with E-state index in [4.69, 9.17) is 18.9 Å². The molecule has 5 rings (SSSR count). The van der Waals surface area contributed by atoms with Crippen LogP contribution in [0.25, 0.3) is 6.08 Å². The molecule has 10 unspecified atom stereocenters. The van der Waals surface area contributed by atoms with Crippen LogP contribution >= 0.6 is 0 Å². The number of phenolic OH excluding ortho intramolecular Hbond substituents is 3. The van der Waals surface area contributed by atoms with Crippen LogP contribution < -0.4 is 0 Å². The quantitative estimate of drug-likeness (QED) is 0.180. The molecule has 10 atom stereocenters. The number of benzene rings is 2. The van der Waals surface area contributed by atoms with E-state index in [0.29, 0.717) is 5.56 Å². The summed E-state index contributed by atoms with van der Waals surface area (Å²) in [5, 5.41) is 91.4. The second-order valence-corrected chi connectivity index (χ2v) is 9.74. The van der Waals surface area contributed by atoms with Crippen molar-refractivity contribution in [2.45, 2.75) is 61.4 Å². The molecule has 0 aliphatic carbocycles. The van der Waals surface area contributed by atoms with E-state index in [1.165, 1.54) is 24.3 Å². The molecule has 0 saturated carbocycles. The molecule has 2 fully saturated rings. The summed E-state index contributed by atoms with van der Waals surface area (Å²) in [4.78, 5) is 0. The molecule has 14 nitrogen and oxygen atoms in total. The van der Waals surface area contributed by atoms with Gasteiger partial charge in [0.25, 0.3) is 11.9 Å². The third-order valence-electron chi connectivity index (χ3n) is 6.98. The van der Waals surface area contributed by atoms with Gasteiger partial charge in [-0.05, 0) is 24.3 Å². The van der Waals surface area contributed by atoms with Crippen molar-refractivity contribution in [1.82, 2.24) is 0 Å². The average Bonchev–Trinajstić information content (AvgIpc) is 2.93. The Labute approximate surface area is 227 Å². The fourth-order valence-corrected chi connectivity index (χ4v) is 4.76. The Balaban J connectivity index is 1.50. The zero-order valence-corrected chi connectivity index (χ0v) is 20.8. The molecule has 0 aromatic heterocycles. The van der Waals surface area contributed by atoms with Gasteiger partial charge in [-0.25, -0.2) is 0 Å². The average molecular weight is 568 g/mol. The van der Waals surface area contributed by atoms with E-state index in [1.807, 2.05) is 0 Å². The lowest BCUT2D eigenvalue weighted by molar-refractivity contribution is -0.353. The van der Waals surface area contributed by atoms with Gasteiger partial charge in [0.2, 0.25) is 6.29 Å². The zero-order valence-electron chi connectivity index (χ0n) is 20.8. The highest BCUT2D eigenvalue weighted by Gasteiger charge is 2.51. The molecule has 10 N–H and O–H groups in total. The maximum Gasteiger partial charge on any atom is 0.270 e. The van der Waals surface area contributed by atoms with Gasteiger partial charge in [-0.1, -0.05) is 0 Å². The Morgan fingerprint density at radius 1 is 0.850 bits per heavy atom. The Kier molecular flexibility index (Phi) is 8.05. The van der Waals surface area contributed by atoms with Crippen molar-refractivity contribution in [3.8, 4) is 23.0 Å². The molecule has 3 aliphatic heterocycles. The molecule has 2 aromatic rings. The highest BCUT2D eigenvalue weighted by molar-refractivity contribution is 5.69. The highest BCUT2D eigenvalue weighted by atomic mass is 16.8. The first-order chi connectivity index (χ1) is 19.1. The molecule has 2 aromatic carbocycles. The summed E-state index contributed by atoms with van der Waals surface area (Å²) in [7, 11) is 0. The van der Waals surface area contributed by atoms with Crippen molar-refractivity contribution in [3.05, 3.63) is 53.3 Å². The molecular weight excluding hydrogens is 536 g/mol. The van der Waals surface area contributed by atoms with Gasteiger partial charge in [0.1, 0.15) is 59.4 Å². The summed E-state index contributed by atoms with van der Waals surface area (Å²) < 4.78 is 27.4. The SMILES string of the molecule is OCC1OC(OC2=Cc3c(O)cc(O)cc3[OH+]C2c2ccc(O)cc2)C(OC2OCC(O)C(O)C2O)C(O)C1O. The van der Waals surface area contributed by atoms with Crippen LogP contribution in [0.5, 0.6) is 23.0 Å². The number of hydrogen-bond acceptors (Lipinski definition) is 13. The van der Waals surface area contributed by atoms with Crippen LogP contribution in [0, 0.1) is 0 Å². The fraction of sp³-hybridized carbons (Fsp3) is 0.462. The van der Waals surface area contributed by atoms with Crippen LogP contribution in [0.15, 0.2) is 42.2 Å². The van der Waals surface area contributed by atoms with E-state index in [-0.39, 0.29) is 34.3 Å². The van der Waals surface area contributed by atoms with Crippen molar-refractivity contribution < 1.29 is 69.6 Å². The van der Waals surface area contributed by atoms with Gasteiger partial charge in [0.05, 0.1) is 24.8 Å². The van der Waals surface area contributed by atoms with Gasteiger partial charge >= 0.3 is 0 Å².